The van der Waals surface area contributed by atoms with E-state index in [-0.39, 0.29) is 37.7 Å². The fourth-order valence-corrected chi connectivity index (χ4v) is 0.239. The van der Waals surface area contributed by atoms with Crippen LogP contribution in [0.3, 0.4) is 0 Å². The SMILES string of the molecule is C=[C-]CNC[C-]=C.[Li+].[Li+]. The Kier molecular flexibility index (Phi) is 28.7. The van der Waals surface area contributed by atoms with Gasteiger partial charge in [-0.05, 0) is 0 Å². The first kappa shape index (κ1) is 16.3. The summed E-state index contributed by atoms with van der Waals surface area (Å²) in [5.74, 6) is 0. The average Bonchev–Trinajstić information content (AvgIpc) is 1.69. The second kappa shape index (κ2) is 15.9. The van der Waals surface area contributed by atoms with E-state index in [1.165, 1.54) is 0 Å². The van der Waals surface area contributed by atoms with Crippen LogP contribution in [0.2, 0.25) is 0 Å². The van der Waals surface area contributed by atoms with Gasteiger partial charge in [0.2, 0.25) is 0 Å². The molecule has 0 amide bonds. The Morgan fingerprint density at radius 1 is 1.00 bits per heavy atom. The van der Waals surface area contributed by atoms with Crippen molar-refractivity contribution in [3.8, 4) is 0 Å². The van der Waals surface area contributed by atoms with Crippen LogP contribution in [-0.2, 0) is 0 Å². The molecular formula is C6H9Li2N. The van der Waals surface area contributed by atoms with Gasteiger partial charge >= 0.3 is 37.7 Å². The maximum Gasteiger partial charge on any atom is 1.00 e. The average molecular weight is 109 g/mol. The smallest absolute Gasteiger partial charge is 0.490 e. The van der Waals surface area contributed by atoms with Gasteiger partial charge < -0.3 is 17.5 Å². The van der Waals surface area contributed by atoms with E-state index in [9.17, 15) is 0 Å². The predicted molar refractivity (Wildman–Crippen MR) is 30.6 cm³/mol. The molecule has 0 aliphatic rings. The summed E-state index contributed by atoms with van der Waals surface area (Å²) in [6, 6.07) is 0. The molecule has 1 N–H and O–H groups in total. The minimum atomic E-state index is 0. The second-order valence-corrected chi connectivity index (χ2v) is 1.10. The van der Waals surface area contributed by atoms with E-state index in [0.717, 1.165) is 0 Å². The molecule has 0 atom stereocenters. The number of hydrogen-bond donors (Lipinski definition) is 1. The van der Waals surface area contributed by atoms with Crippen LogP contribution in [0, 0.1) is 12.2 Å². The standard InChI is InChI=1S/C6H9N.2Li/c1-3-5-7-6-4-2;;/h7H,1-2,5-6H2;;/q-2;2*+1. The van der Waals surface area contributed by atoms with Crippen molar-refractivity contribution in [1.29, 1.82) is 0 Å². The first-order valence-electron chi connectivity index (χ1n) is 2.12. The van der Waals surface area contributed by atoms with E-state index in [4.69, 9.17) is 0 Å². The summed E-state index contributed by atoms with van der Waals surface area (Å²) >= 11 is 0. The Labute approximate surface area is 81.3 Å². The molecule has 0 aliphatic heterocycles. The van der Waals surface area contributed by atoms with Crippen molar-refractivity contribution in [1.82, 2.24) is 5.32 Å². The van der Waals surface area contributed by atoms with E-state index in [2.05, 4.69) is 30.6 Å². The van der Waals surface area contributed by atoms with Crippen LogP contribution in [0.4, 0.5) is 0 Å². The zero-order valence-electron chi connectivity index (χ0n) is 6.33. The quantitative estimate of drug-likeness (QED) is 0.216. The Morgan fingerprint density at radius 2 is 1.33 bits per heavy atom. The Morgan fingerprint density at radius 3 is 1.56 bits per heavy atom. The van der Waals surface area contributed by atoms with Crippen LogP contribution < -0.4 is 43.0 Å². The minimum absolute atomic E-state index is 0. The summed E-state index contributed by atoms with van der Waals surface area (Å²) in [5.41, 5.74) is 0. The molecule has 0 saturated heterocycles. The summed E-state index contributed by atoms with van der Waals surface area (Å²) in [6.45, 7) is 8.22. The monoisotopic (exact) mass is 109 g/mol. The summed E-state index contributed by atoms with van der Waals surface area (Å²) in [4.78, 5) is 0. The van der Waals surface area contributed by atoms with Gasteiger partial charge in [-0.1, -0.05) is 0 Å². The summed E-state index contributed by atoms with van der Waals surface area (Å²) in [6.07, 6.45) is 5.35. The van der Waals surface area contributed by atoms with E-state index in [1.807, 2.05) is 0 Å². The van der Waals surface area contributed by atoms with Crippen molar-refractivity contribution in [2.45, 2.75) is 0 Å². The predicted octanol–water partition coefficient (Wildman–Crippen LogP) is -5.44. The van der Waals surface area contributed by atoms with Crippen molar-refractivity contribution < 1.29 is 37.7 Å². The van der Waals surface area contributed by atoms with E-state index < -0.39 is 0 Å². The molecular weight excluding hydrogens is 100.0 g/mol. The van der Waals surface area contributed by atoms with Gasteiger partial charge in [-0.15, -0.1) is 13.1 Å². The molecule has 0 heterocycles. The molecule has 0 fully saturated rings. The van der Waals surface area contributed by atoms with Crippen LogP contribution in [0.15, 0.2) is 13.2 Å². The molecule has 9 heavy (non-hydrogen) atoms. The third kappa shape index (κ3) is 17.7. The molecule has 3 heteroatoms. The Bertz CT molecular complexity index is 56.1. The fourth-order valence-electron chi connectivity index (χ4n) is 0.239. The van der Waals surface area contributed by atoms with E-state index in [0.29, 0.717) is 13.1 Å². The van der Waals surface area contributed by atoms with Gasteiger partial charge in [0.25, 0.3) is 0 Å². The molecule has 0 aromatic heterocycles. The number of nitrogens with one attached hydrogen (secondary N) is 1. The molecule has 0 unspecified atom stereocenters. The van der Waals surface area contributed by atoms with Gasteiger partial charge in [0.1, 0.15) is 0 Å². The molecule has 0 aromatic rings. The van der Waals surface area contributed by atoms with Crippen molar-refractivity contribution in [2.24, 2.45) is 0 Å². The molecule has 0 spiro atoms. The first-order valence-corrected chi connectivity index (χ1v) is 2.12. The van der Waals surface area contributed by atoms with Gasteiger partial charge in [-0.2, -0.15) is 0 Å². The first-order chi connectivity index (χ1) is 3.41. The Balaban J connectivity index is -0.000000180. The van der Waals surface area contributed by atoms with Crippen molar-refractivity contribution in [3.05, 3.63) is 25.3 Å². The number of hydrogen-bond acceptors (Lipinski definition) is 1. The van der Waals surface area contributed by atoms with Crippen LogP contribution in [0.1, 0.15) is 0 Å². The molecule has 0 aliphatic carbocycles. The summed E-state index contributed by atoms with van der Waals surface area (Å²) < 4.78 is 0. The third-order valence-electron chi connectivity index (χ3n) is 0.500. The van der Waals surface area contributed by atoms with Gasteiger partial charge in [0, 0.05) is 0 Å². The zero-order valence-corrected chi connectivity index (χ0v) is 6.33. The fraction of sp³-hybridized carbons (Fsp3) is 0.333. The molecule has 0 radical (unpaired) electrons. The van der Waals surface area contributed by atoms with E-state index in [1.54, 1.807) is 0 Å². The number of rotatable bonds is 4. The van der Waals surface area contributed by atoms with Crippen LogP contribution >= 0.6 is 0 Å². The molecule has 0 aromatic carbocycles. The van der Waals surface area contributed by atoms with Crippen LogP contribution in [0.25, 0.3) is 0 Å². The minimum Gasteiger partial charge on any atom is -0.490 e. The zero-order chi connectivity index (χ0) is 5.54. The third-order valence-corrected chi connectivity index (χ3v) is 0.500. The summed E-state index contributed by atoms with van der Waals surface area (Å²) in [7, 11) is 0. The normalized spacial score (nSPS) is 6.22. The maximum absolute atomic E-state index is 3.40. The Hall–Kier alpha value is 0.635. The molecule has 0 saturated carbocycles. The van der Waals surface area contributed by atoms with Crippen LogP contribution in [0.5, 0.6) is 0 Å². The van der Waals surface area contributed by atoms with Gasteiger partial charge in [0.05, 0.1) is 0 Å². The van der Waals surface area contributed by atoms with Gasteiger partial charge in [-0.25, -0.2) is 0 Å². The molecule has 1 nitrogen and oxygen atoms in total. The molecule has 40 valence electrons. The van der Waals surface area contributed by atoms with Gasteiger partial charge in [0.15, 0.2) is 0 Å². The van der Waals surface area contributed by atoms with Crippen molar-refractivity contribution >= 4 is 0 Å². The van der Waals surface area contributed by atoms with Crippen molar-refractivity contribution in [3.63, 3.8) is 0 Å². The second-order valence-electron chi connectivity index (χ2n) is 1.10. The van der Waals surface area contributed by atoms with Crippen molar-refractivity contribution in [2.75, 3.05) is 13.1 Å². The summed E-state index contributed by atoms with van der Waals surface area (Å²) in [5, 5.41) is 2.94. The van der Waals surface area contributed by atoms with Crippen LogP contribution in [-0.4, -0.2) is 13.1 Å². The van der Waals surface area contributed by atoms with Gasteiger partial charge in [-0.3, -0.25) is 13.2 Å². The largest absolute Gasteiger partial charge is 1.00 e. The molecule has 0 rings (SSSR count). The molecule has 0 bridgehead atoms. The van der Waals surface area contributed by atoms with E-state index >= 15 is 0 Å². The topological polar surface area (TPSA) is 12.0 Å². The maximum atomic E-state index is 3.40.